The lowest BCUT2D eigenvalue weighted by molar-refractivity contribution is -0.132. The number of amides is 2. The Morgan fingerprint density at radius 1 is 1.28 bits per heavy atom. The minimum Gasteiger partial charge on any atom is -0.396 e. The first-order valence-electron chi connectivity index (χ1n) is 9.04. The van der Waals surface area contributed by atoms with Gasteiger partial charge in [0.15, 0.2) is 0 Å². The molecule has 0 unspecified atom stereocenters. The van der Waals surface area contributed by atoms with Gasteiger partial charge in [0.05, 0.1) is 6.04 Å². The van der Waals surface area contributed by atoms with Crippen LogP contribution in [0.2, 0.25) is 0 Å². The van der Waals surface area contributed by atoms with E-state index in [-0.39, 0.29) is 36.4 Å². The number of rotatable bonds is 4. The summed E-state index contributed by atoms with van der Waals surface area (Å²) in [4.78, 5) is 26.5. The van der Waals surface area contributed by atoms with Crippen LogP contribution in [-0.4, -0.2) is 45.6 Å². The summed E-state index contributed by atoms with van der Waals surface area (Å²) in [5.41, 5.74) is 1.61. The Bertz CT molecular complexity index is 679. The van der Waals surface area contributed by atoms with Crippen LogP contribution < -0.4 is 5.32 Å². The van der Waals surface area contributed by atoms with E-state index in [4.69, 9.17) is 0 Å². The van der Waals surface area contributed by atoms with Gasteiger partial charge in [-0.3, -0.25) is 9.59 Å². The SMILES string of the molecule is CC(=O)N1CCCC[C@@H]1c1ccc(C(=O)N[C@@H]2C=C[C@H](CO)C2)n1C. The average Bonchev–Trinajstić information content (AvgIpc) is 3.21. The van der Waals surface area contributed by atoms with E-state index in [9.17, 15) is 14.7 Å². The van der Waals surface area contributed by atoms with Crippen molar-refractivity contribution in [3.05, 3.63) is 35.7 Å². The molecule has 6 nitrogen and oxygen atoms in total. The molecule has 0 bridgehead atoms. The molecule has 136 valence electrons. The number of likely N-dealkylation sites (tertiary alicyclic amines) is 1. The number of aromatic nitrogens is 1. The molecule has 6 heteroatoms. The summed E-state index contributed by atoms with van der Waals surface area (Å²) < 4.78 is 1.91. The van der Waals surface area contributed by atoms with E-state index in [2.05, 4.69) is 5.32 Å². The molecular formula is C19H27N3O3. The van der Waals surface area contributed by atoms with Crippen LogP contribution in [0.25, 0.3) is 0 Å². The second kappa shape index (κ2) is 7.44. The van der Waals surface area contributed by atoms with Gasteiger partial charge in [-0.2, -0.15) is 0 Å². The molecule has 0 spiro atoms. The quantitative estimate of drug-likeness (QED) is 0.817. The first-order chi connectivity index (χ1) is 12.0. The number of nitrogens with zero attached hydrogens (tertiary/aromatic N) is 2. The van der Waals surface area contributed by atoms with Crippen molar-refractivity contribution in [1.29, 1.82) is 0 Å². The zero-order valence-electron chi connectivity index (χ0n) is 14.9. The molecule has 1 saturated heterocycles. The molecule has 3 rings (SSSR count). The van der Waals surface area contributed by atoms with Gasteiger partial charge in [0, 0.05) is 44.8 Å². The molecule has 2 heterocycles. The summed E-state index contributed by atoms with van der Waals surface area (Å²) in [6, 6.07) is 3.80. The maximum Gasteiger partial charge on any atom is 0.268 e. The lowest BCUT2D eigenvalue weighted by atomic mass is 9.99. The summed E-state index contributed by atoms with van der Waals surface area (Å²) in [6.07, 6.45) is 7.70. The van der Waals surface area contributed by atoms with Crippen molar-refractivity contribution in [3.8, 4) is 0 Å². The molecule has 3 atom stereocenters. The van der Waals surface area contributed by atoms with Crippen LogP contribution in [0.15, 0.2) is 24.3 Å². The Balaban J connectivity index is 1.73. The first-order valence-corrected chi connectivity index (χ1v) is 9.04. The summed E-state index contributed by atoms with van der Waals surface area (Å²) in [5.74, 6) is 0.0934. The number of piperidine rings is 1. The number of hydrogen-bond donors (Lipinski definition) is 2. The highest BCUT2D eigenvalue weighted by atomic mass is 16.3. The third kappa shape index (κ3) is 3.63. The van der Waals surface area contributed by atoms with Gasteiger partial charge < -0.3 is 19.9 Å². The summed E-state index contributed by atoms with van der Waals surface area (Å²) in [7, 11) is 1.89. The molecule has 0 aromatic carbocycles. The van der Waals surface area contributed by atoms with E-state index in [1.807, 2.05) is 40.8 Å². The summed E-state index contributed by atoms with van der Waals surface area (Å²) >= 11 is 0. The number of nitrogens with one attached hydrogen (secondary N) is 1. The van der Waals surface area contributed by atoms with E-state index in [1.54, 1.807) is 6.92 Å². The zero-order valence-corrected chi connectivity index (χ0v) is 14.9. The molecule has 1 aliphatic carbocycles. The summed E-state index contributed by atoms with van der Waals surface area (Å²) in [5, 5.41) is 12.2. The molecular weight excluding hydrogens is 318 g/mol. The van der Waals surface area contributed by atoms with Crippen molar-refractivity contribution in [2.45, 2.75) is 44.7 Å². The fourth-order valence-corrected chi connectivity index (χ4v) is 3.96. The van der Waals surface area contributed by atoms with Crippen LogP contribution >= 0.6 is 0 Å². The zero-order chi connectivity index (χ0) is 18.0. The third-order valence-corrected chi connectivity index (χ3v) is 5.37. The van der Waals surface area contributed by atoms with Crippen LogP contribution in [0, 0.1) is 5.92 Å². The van der Waals surface area contributed by atoms with Crippen molar-refractivity contribution in [2.24, 2.45) is 13.0 Å². The van der Waals surface area contributed by atoms with Crippen LogP contribution in [0.1, 0.15) is 54.8 Å². The molecule has 1 fully saturated rings. The third-order valence-electron chi connectivity index (χ3n) is 5.37. The number of aliphatic hydroxyl groups is 1. The molecule has 2 N–H and O–H groups in total. The molecule has 1 aromatic rings. The smallest absolute Gasteiger partial charge is 0.268 e. The Morgan fingerprint density at radius 2 is 2.08 bits per heavy atom. The highest BCUT2D eigenvalue weighted by Gasteiger charge is 2.29. The van der Waals surface area contributed by atoms with E-state index in [0.29, 0.717) is 5.69 Å². The van der Waals surface area contributed by atoms with Crippen molar-refractivity contribution in [1.82, 2.24) is 14.8 Å². The Hall–Kier alpha value is -2.08. The Morgan fingerprint density at radius 3 is 2.76 bits per heavy atom. The summed E-state index contributed by atoms with van der Waals surface area (Å²) in [6.45, 7) is 2.50. The van der Waals surface area contributed by atoms with Crippen molar-refractivity contribution < 1.29 is 14.7 Å². The van der Waals surface area contributed by atoms with Gasteiger partial charge in [-0.15, -0.1) is 0 Å². The lowest BCUT2D eigenvalue weighted by Crippen LogP contribution is -2.38. The van der Waals surface area contributed by atoms with Gasteiger partial charge in [0.2, 0.25) is 5.91 Å². The van der Waals surface area contributed by atoms with E-state index in [0.717, 1.165) is 37.9 Å². The van der Waals surface area contributed by atoms with Gasteiger partial charge in [0.1, 0.15) is 5.69 Å². The van der Waals surface area contributed by atoms with Crippen molar-refractivity contribution >= 4 is 11.8 Å². The monoisotopic (exact) mass is 345 g/mol. The van der Waals surface area contributed by atoms with Crippen LogP contribution in [0.4, 0.5) is 0 Å². The predicted octanol–water partition coefficient (Wildman–Crippen LogP) is 1.77. The molecule has 25 heavy (non-hydrogen) atoms. The van der Waals surface area contributed by atoms with Gasteiger partial charge in [-0.1, -0.05) is 12.2 Å². The van der Waals surface area contributed by atoms with E-state index < -0.39 is 0 Å². The standard InChI is InChI=1S/C19H27N3O3/c1-13(24)22-10-4-3-5-17(22)16-8-9-18(21(16)2)19(25)20-15-7-6-14(11-15)12-23/h6-9,14-15,17,23H,3-5,10-12H2,1-2H3,(H,20,25)/t14-,15+,17+/m0/s1. The van der Waals surface area contributed by atoms with Gasteiger partial charge >= 0.3 is 0 Å². The highest BCUT2D eigenvalue weighted by Crippen LogP contribution is 2.31. The second-order valence-corrected chi connectivity index (χ2v) is 7.07. The maximum atomic E-state index is 12.6. The van der Waals surface area contributed by atoms with Crippen LogP contribution in [0.3, 0.4) is 0 Å². The Kier molecular flexibility index (Phi) is 5.27. The molecule has 1 aliphatic heterocycles. The number of carbonyl (C=O) groups is 2. The molecule has 2 aliphatic rings. The van der Waals surface area contributed by atoms with Crippen LogP contribution in [-0.2, 0) is 11.8 Å². The molecule has 0 saturated carbocycles. The van der Waals surface area contributed by atoms with Gasteiger partial charge in [0.25, 0.3) is 5.91 Å². The largest absolute Gasteiger partial charge is 0.396 e. The molecule has 0 radical (unpaired) electrons. The normalized spacial score (nSPS) is 26.0. The average molecular weight is 345 g/mol. The highest BCUT2D eigenvalue weighted by molar-refractivity contribution is 5.93. The number of carbonyl (C=O) groups excluding carboxylic acids is 2. The fourth-order valence-electron chi connectivity index (χ4n) is 3.96. The maximum absolute atomic E-state index is 12.6. The number of aliphatic hydroxyl groups excluding tert-OH is 1. The minimum absolute atomic E-state index is 0.0357. The van der Waals surface area contributed by atoms with Crippen molar-refractivity contribution in [3.63, 3.8) is 0 Å². The Labute approximate surface area is 148 Å². The van der Waals surface area contributed by atoms with Crippen molar-refractivity contribution in [2.75, 3.05) is 13.2 Å². The molecule has 2 amide bonds. The molecule has 1 aromatic heterocycles. The second-order valence-electron chi connectivity index (χ2n) is 7.07. The number of hydrogen-bond acceptors (Lipinski definition) is 3. The van der Waals surface area contributed by atoms with E-state index in [1.165, 1.54) is 0 Å². The topological polar surface area (TPSA) is 74.6 Å². The van der Waals surface area contributed by atoms with Gasteiger partial charge in [-0.05, 0) is 37.8 Å². The fraction of sp³-hybridized carbons (Fsp3) is 0.579. The lowest BCUT2D eigenvalue weighted by Gasteiger charge is -2.35. The van der Waals surface area contributed by atoms with E-state index >= 15 is 0 Å². The first kappa shape index (κ1) is 17.7. The minimum atomic E-state index is -0.118. The van der Waals surface area contributed by atoms with Crippen LogP contribution in [0.5, 0.6) is 0 Å². The predicted molar refractivity (Wildman–Crippen MR) is 95.0 cm³/mol. The van der Waals surface area contributed by atoms with Gasteiger partial charge in [-0.25, -0.2) is 0 Å².